The number of phenols is 1. The van der Waals surface area contributed by atoms with Gasteiger partial charge in [-0.3, -0.25) is 0 Å². The smallest absolute Gasteiger partial charge is 0.144 e. The summed E-state index contributed by atoms with van der Waals surface area (Å²) in [6.45, 7) is 4.05. The summed E-state index contributed by atoms with van der Waals surface area (Å²) >= 11 is 1.31. The van der Waals surface area contributed by atoms with Crippen molar-refractivity contribution in [2.24, 2.45) is 0 Å². The Morgan fingerprint density at radius 2 is 2.24 bits per heavy atom. The molecular weight excluding hydrogens is 237 g/mol. The zero-order valence-corrected chi connectivity index (χ0v) is 10.4. The zero-order chi connectivity index (χ0) is 12.6. The average Bonchev–Trinajstić information content (AvgIpc) is 2.66. The third-order valence-electron chi connectivity index (χ3n) is 2.93. The number of halogens is 1. The Morgan fingerprint density at radius 3 is 2.82 bits per heavy atom. The second kappa shape index (κ2) is 4.34. The van der Waals surface area contributed by atoms with Gasteiger partial charge in [-0.2, -0.15) is 5.26 Å². The molecule has 0 aliphatic rings. The maximum absolute atomic E-state index is 13.7. The number of hydrogen-bond acceptors (Lipinski definition) is 3. The highest BCUT2D eigenvalue weighted by Gasteiger charge is 2.19. The molecule has 0 spiro atoms. The maximum Gasteiger partial charge on any atom is 0.144 e. The van der Waals surface area contributed by atoms with Crippen LogP contribution in [0, 0.1) is 17.1 Å². The lowest BCUT2D eigenvalue weighted by Crippen LogP contribution is -1.89. The van der Waals surface area contributed by atoms with Crippen LogP contribution in [0.3, 0.4) is 0 Å². The topological polar surface area (TPSA) is 44.0 Å². The van der Waals surface area contributed by atoms with E-state index in [1.165, 1.54) is 17.4 Å². The summed E-state index contributed by atoms with van der Waals surface area (Å²) in [6, 6.07) is 4.66. The highest BCUT2D eigenvalue weighted by Crippen LogP contribution is 2.39. The first kappa shape index (κ1) is 11.9. The summed E-state index contributed by atoms with van der Waals surface area (Å²) in [4.78, 5) is 0.898. The van der Waals surface area contributed by atoms with E-state index < -0.39 is 5.82 Å². The minimum Gasteiger partial charge on any atom is -0.508 e. The van der Waals surface area contributed by atoms with Crippen LogP contribution in [0.2, 0.25) is 0 Å². The normalized spacial score (nSPS) is 12.6. The number of phenolic OH excluding ortho intramolecular Hbond substituents is 1. The number of benzene rings is 1. The van der Waals surface area contributed by atoms with Gasteiger partial charge in [0.05, 0.1) is 10.3 Å². The van der Waals surface area contributed by atoms with Crippen molar-refractivity contribution >= 4 is 21.4 Å². The van der Waals surface area contributed by atoms with Crippen LogP contribution in [-0.4, -0.2) is 5.11 Å². The SMILES string of the molecule is CCC(C)c1sc2c(F)cc(O)cc2c1C#N. The second-order valence-electron chi connectivity index (χ2n) is 4.07. The molecule has 0 saturated carbocycles. The van der Waals surface area contributed by atoms with Crippen molar-refractivity contribution < 1.29 is 9.50 Å². The highest BCUT2D eigenvalue weighted by molar-refractivity contribution is 7.19. The Hall–Kier alpha value is -1.60. The molecular formula is C13H12FNOS. The van der Waals surface area contributed by atoms with Crippen molar-refractivity contribution in [2.45, 2.75) is 26.2 Å². The molecule has 1 N–H and O–H groups in total. The number of aromatic hydroxyl groups is 1. The molecule has 1 aromatic carbocycles. The van der Waals surface area contributed by atoms with Crippen LogP contribution in [-0.2, 0) is 0 Å². The predicted molar refractivity (Wildman–Crippen MR) is 66.9 cm³/mol. The van der Waals surface area contributed by atoms with Crippen molar-refractivity contribution in [3.63, 3.8) is 0 Å². The van der Waals surface area contributed by atoms with Crippen molar-refractivity contribution in [2.75, 3.05) is 0 Å². The minimum atomic E-state index is -0.462. The molecule has 1 aromatic heterocycles. The highest BCUT2D eigenvalue weighted by atomic mass is 32.1. The number of fused-ring (bicyclic) bond motifs is 1. The van der Waals surface area contributed by atoms with Crippen molar-refractivity contribution in [3.05, 3.63) is 28.4 Å². The fourth-order valence-corrected chi connectivity index (χ4v) is 3.08. The van der Waals surface area contributed by atoms with Gasteiger partial charge in [-0.25, -0.2) is 4.39 Å². The van der Waals surface area contributed by atoms with Crippen LogP contribution in [0.5, 0.6) is 5.75 Å². The molecule has 2 nitrogen and oxygen atoms in total. The first-order valence-electron chi connectivity index (χ1n) is 5.43. The molecule has 0 radical (unpaired) electrons. The van der Waals surface area contributed by atoms with Crippen LogP contribution >= 0.6 is 11.3 Å². The van der Waals surface area contributed by atoms with Crippen LogP contribution < -0.4 is 0 Å². The Bertz CT molecular complexity index is 612. The van der Waals surface area contributed by atoms with Crippen LogP contribution in [0.1, 0.15) is 36.6 Å². The second-order valence-corrected chi connectivity index (χ2v) is 5.12. The van der Waals surface area contributed by atoms with E-state index in [-0.39, 0.29) is 11.7 Å². The Morgan fingerprint density at radius 1 is 1.53 bits per heavy atom. The third-order valence-corrected chi connectivity index (χ3v) is 4.37. The third kappa shape index (κ3) is 1.87. The monoisotopic (exact) mass is 249 g/mol. The van der Waals surface area contributed by atoms with Crippen LogP contribution in [0.25, 0.3) is 10.1 Å². The molecule has 0 bridgehead atoms. The molecule has 2 aromatic rings. The number of hydrogen-bond donors (Lipinski definition) is 1. The Kier molecular flexibility index (Phi) is 3.03. The standard InChI is InChI=1S/C13H12FNOS/c1-3-7(2)12-10(6-15)9-4-8(16)5-11(14)13(9)17-12/h4-5,7,16H,3H2,1-2H3. The van der Waals surface area contributed by atoms with Gasteiger partial charge >= 0.3 is 0 Å². The van der Waals surface area contributed by atoms with Gasteiger partial charge in [0.25, 0.3) is 0 Å². The minimum absolute atomic E-state index is 0.139. The lowest BCUT2D eigenvalue weighted by atomic mass is 10.0. The Labute approximate surface area is 103 Å². The molecule has 17 heavy (non-hydrogen) atoms. The first-order chi connectivity index (χ1) is 8.08. The fraction of sp³-hybridized carbons (Fsp3) is 0.308. The van der Waals surface area contributed by atoms with E-state index in [2.05, 4.69) is 6.07 Å². The summed E-state index contributed by atoms with van der Waals surface area (Å²) in [6.07, 6.45) is 0.898. The quantitative estimate of drug-likeness (QED) is 0.869. The first-order valence-corrected chi connectivity index (χ1v) is 6.25. The molecule has 2 rings (SSSR count). The van der Waals surface area contributed by atoms with Crippen molar-refractivity contribution in [1.82, 2.24) is 0 Å². The van der Waals surface area contributed by atoms with Crippen molar-refractivity contribution in [3.8, 4) is 11.8 Å². The molecule has 0 amide bonds. The van der Waals surface area contributed by atoms with Gasteiger partial charge in [-0.05, 0) is 18.4 Å². The molecule has 0 aliphatic heterocycles. The van der Waals surface area contributed by atoms with Crippen molar-refractivity contribution in [1.29, 1.82) is 5.26 Å². The summed E-state index contributed by atoms with van der Waals surface area (Å²) < 4.78 is 14.1. The summed E-state index contributed by atoms with van der Waals surface area (Å²) in [5.41, 5.74) is 0.495. The van der Waals surface area contributed by atoms with E-state index >= 15 is 0 Å². The van der Waals surface area contributed by atoms with Gasteiger partial charge in [0.1, 0.15) is 17.6 Å². The fourth-order valence-electron chi connectivity index (χ4n) is 1.81. The lowest BCUT2D eigenvalue weighted by molar-refractivity contribution is 0.471. The van der Waals surface area contributed by atoms with E-state index in [9.17, 15) is 14.8 Å². The van der Waals surface area contributed by atoms with Gasteiger partial charge in [-0.1, -0.05) is 13.8 Å². The number of nitrogens with zero attached hydrogens (tertiary/aromatic N) is 1. The van der Waals surface area contributed by atoms with E-state index in [0.717, 1.165) is 17.4 Å². The van der Waals surface area contributed by atoms with Crippen LogP contribution in [0.4, 0.5) is 4.39 Å². The van der Waals surface area contributed by atoms with E-state index in [1.54, 1.807) is 0 Å². The summed E-state index contributed by atoms with van der Waals surface area (Å²) in [7, 11) is 0. The number of nitriles is 1. The maximum atomic E-state index is 13.7. The van der Waals surface area contributed by atoms with Crippen LogP contribution in [0.15, 0.2) is 12.1 Å². The van der Waals surface area contributed by atoms with Gasteiger partial charge in [0, 0.05) is 16.3 Å². The van der Waals surface area contributed by atoms with E-state index in [0.29, 0.717) is 15.6 Å². The number of rotatable bonds is 2. The molecule has 88 valence electrons. The van der Waals surface area contributed by atoms with Gasteiger partial charge in [-0.15, -0.1) is 11.3 Å². The van der Waals surface area contributed by atoms with Gasteiger partial charge < -0.3 is 5.11 Å². The molecule has 0 saturated heterocycles. The molecule has 1 unspecified atom stereocenters. The summed E-state index contributed by atoms with van der Waals surface area (Å²) in [5.74, 6) is -0.375. The molecule has 0 aliphatic carbocycles. The molecule has 1 atom stereocenters. The van der Waals surface area contributed by atoms with Gasteiger partial charge in [0.2, 0.25) is 0 Å². The molecule has 0 fully saturated rings. The van der Waals surface area contributed by atoms with E-state index in [4.69, 9.17) is 0 Å². The van der Waals surface area contributed by atoms with E-state index in [1.807, 2.05) is 13.8 Å². The molecule has 4 heteroatoms. The lowest BCUT2D eigenvalue weighted by Gasteiger charge is -2.04. The van der Waals surface area contributed by atoms with Gasteiger partial charge in [0.15, 0.2) is 0 Å². The largest absolute Gasteiger partial charge is 0.508 e. The summed E-state index contributed by atoms with van der Waals surface area (Å²) in [5, 5.41) is 19.1. The predicted octanol–water partition coefficient (Wildman–Crippen LogP) is 4.13. The number of thiophene rings is 1. The average molecular weight is 249 g/mol. The molecule has 1 heterocycles. The Balaban J connectivity index is 2.81. The zero-order valence-electron chi connectivity index (χ0n) is 9.62.